The first-order valence-corrected chi connectivity index (χ1v) is 35.9. The molecule has 4 aliphatic rings. The van der Waals surface area contributed by atoms with Crippen LogP contribution in [0.25, 0.3) is 0 Å². The molecule has 4 aliphatic heterocycles. The minimum absolute atomic E-state index is 0.0306. The van der Waals surface area contributed by atoms with Crippen LogP contribution in [0, 0.1) is 0 Å². The van der Waals surface area contributed by atoms with Crippen LogP contribution >= 0.6 is 11.6 Å². The van der Waals surface area contributed by atoms with Crippen molar-refractivity contribution >= 4 is 47.4 Å². The number of carbonyl (C=O) groups excluding carboxylic acids is 6. The molecule has 0 aliphatic carbocycles. The third-order valence-electron chi connectivity index (χ3n) is 18.1. The van der Waals surface area contributed by atoms with Gasteiger partial charge in [0.1, 0.15) is 73.5 Å². The Hall–Kier alpha value is -8.87. The molecule has 7 aromatic rings. The molecule has 0 unspecified atom stereocenters. The van der Waals surface area contributed by atoms with Crippen LogP contribution in [0.2, 0.25) is 0 Å². The van der Waals surface area contributed by atoms with Crippen LogP contribution < -0.4 is 5.32 Å². The van der Waals surface area contributed by atoms with E-state index in [1.54, 1.807) is 50.2 Å². The number of carbonyl (C=O) groups is 6. The van der Waals surface area contributed by atoms with Gasteiger partial charge in [0.15, 0.2) is 49.6 Å². The number of aliphatic hydroxyl groups is 1. The number of ether oxygens (including phenoxy) is 17. The first kappa shape index (κ1) is 79.2. The van der Waals surface area contributed by atoms with Gasteiger partial charge in [-0.3, -0.25) is 19.2 Å². The SMILES string of the molecule is CC(=O)N[C@H]1[C@@H](O[C@@H]2[C@@H](OCc3ccccc3)[C@H](C)O[C@@H](O)[C@@H]2OC(=O)c2ccccc2)O[C@H](COC(C)=O)[C@@H](OC(C)=O)[C@@H]1O[C@H]1O[C@H](COCc2ccccc2)[C@H](OCc2ccccc2)[C@H](OCc2ccccc2)[C@H]1O[C@@H]1O[C@@H](C)[C@H](OCc2ccccc2)[C@@H](OC(=O)CCl)[C@H]1OC(=O)c1ccccc1. The van der Waals surface area contributed by atoms with Crippen molar-refractivity contribution in [1.29, 1.82) is 0 Å². The van der Waals surface area contributed by atoms with Gasteiger partial charge in [-0.2, -0.15) is 0 Å². The molecule has 0 aromatic heterocycles. The maximum Gasteiger partial charge on any atom is 0.338 e. The summed E-state index contributed by atoms with van der Waals surface area (Å²) in [5, 5.41) is 14.9. The van der Waals surface area contributed by atoms with Crippen molar-refractivity contribution in [3.05, 3.63) is 251 Å². The van der Waals surface area contributed by atoms with E-state index < -0.39 is 171 Å². The second kappa shape index (κ2) is 39.3. The van der Waals surface area contributed by atoms with Gasteiger partial charge >= 0.3 is 29.8 Å². The summed E-state index contributed by atoms with van der Waals surface area (Å²) in [6.07, 6.45) is -29.2. The van der Waals surface area contributed by atoms with Crippen molar-refractivity contribution in [2.75, 3.05) is 19.1 Å². The van der Waals surface area contributed by atoms with Crippen molar-refractivity contribution in [2.24, 2.45) is 0 Å². The standard InChI is InChI=1S/C81H88ClNO24/c1-49-65(93-43-55-29-15-7-16-30-55)71(73(78(90)97-49)103-76(88)59-37-23-11-24-38-59)106-79-64(83-51(3)84)69(68(99-53(5)86)62(100-79)48-92-52(4)85)105-81-74(70(96-46-58-35-21-10-22-36-58)67(95-45-57-33-19-9-20-34-57)61(101-81)47-91-42-54-27-13-6-14-28-54)107-80-75(104-77(89)60-39-25-12-26-40-60)72(102-63(87)41-82)66(50(2)98-80)94-44-56-31-17-8-18-32-56/h6-40,49-50,61-62,64-75,78-81,90H,41-48H2,1-5H3,(H,83,84)/t49-,50-,61+,62+,64+,65-,66-,67-,68+,69+,70-,71+,72+,73+,74+,75+,78+,79+,80-,81+/m0/s1. The summed E-state index contributed by atoms with van der Waals surface area (Å²) < 4.78 is 114. The minimum Gasteiger partial charge on any atom is -0.463 e. The molecule has 0 spiro atoms. The van der Waals surface area contributed by atoms with Crippen LogP contribution in [-0.2, 0) is 133 Å². The number of amides is 1. The molecule has 11 rings (SSSR count). The lowest BCUT2D eigenvalue weighted by Crippen LogP contribution is -2.71. The largest absolute Gasteiger partial charge is 0.463 e. The van der Waals surface area contributed by atoms with E-state index in [0.717, 1.165) is 36.1 Å². The van der Waals surface area contributed by atoms with Gasteiger partial charge < -0.3 is 90.9 Å². The molecule has 26 heteroatoms. The molecule has 2 N–H and O–H groups in total. The second-order valence-corrected chi connectivity index (χ2v) is 26.3. The van der Waals surface area contributed by atoms with Gasteiger partial charge in [0.05, 0.1) is 63.0 Å². The smallest absolute Gasteiger partial charge is 0.338 e. The van der Waals surface area contributed by atoms with Crippen LogP contribution in [0.3, 0.4) is 0 Å². The van der Waals surface area contributed by atoms with Gasteiger partial charge in [0.25, 0.3) is 0 Å². The molecule has 20 atom stereocenters. The number of esters is 5. The molecule has 4 fully saturated rings. The van der Waals surface area contributed by atoms with Crippen molar-refractivity contribution < 1.29 is 114 Å². The number of halogens is 1. The number of hydrogen-bond donors (Lipinski definition) is 2. The van der Waals surface area contributed by atoms with E-state index in [1.165, 1.54) is 31.2 Å². The van der Waals surface area contributed by atoms with Crippen LogP contribution in [0.1, 0.15) is 83.2 Å². The van der Waals surface area contributed by atoms with Gasteiger partial charge in [0, 0.05) is 20.8 Å². The Morgan fingerprint density at radius 2 is 0.785 bits per heavy atom. The Morgan fingerprint density at radius 3 is 1.26 bits per heavy atom. The zero-order valence-electron chi connectivity index (χ0n) is 59.6. The number of aliphatic hydroxyl groups excluding tert-OH is 1. The molecule has 0 bridgehead atoms. The normalized spacial score (nSPS) is 28.4. The highest BCUT2D eigenvalue weighted by molar-refractivity contribution is 6.26. The number of alkyl halides is 1. The lowest BCUT2D eigenvalue weighted by molar-refractivity contribution is -0.392. The van der Waals surface area contributed by atoms with Crippen LogP contribution in [0.5, 0.6) is 0 Å². The number of benzene rings is 7. The molecule has 25 nitrogen and oxygen atoms in total. The zero-order chi connectivity index (χ0) is 75.2. The average Bonchev–Trinajstić information content (AvgIpc) is 0.764. The molecular formula is C81H88ClNO24. The molecule has 568 valence electrons. The van der Waals surface area contributed by atoms with Crippen molar-refractivity contribution in [3.63, 3.8) is 0 Å². The lowest BCUT2D eigenvalue weighted by Gasteiger charge is -2.52. The summed E-state index contributed by atoms with van der Waals surface area (Å²) in [5.74, 6) is -5.75. The summed E-state index contributed by atoms with van der Waals surface area (Å²) >= 11 is 6.26. The van der Waals surface area contributed by atoms with Crippen LogP contribution in [0.4, 0.5) is 0 Å². The van der Waals surface area contributed by atoms with E-state index in [-0.39, 0.29) is 50.8 Å². The van der Waals surface area contributed by atoms with E-state index in [0.29, 0.717) is 5.56 Å². The van der Waals surface area contributed by atoms with Gasteiger partial charge in [-0.1, -0.05) is 188 Å². The van der Waals surface area contributed by atoms with Gasteiger partial charge in [-0.05, 0) is 65.9 Å². The third-order valence-corrected chi connectivity index (χ3v) is 18.3. The topological polar surface area (TPSA) is 292 Å². The van der Waals surface area contributed by atoms with Crippen molar-refractivity contribution in [2.45, 2.75) is 190 Å². The van der Waals surface area contributed by atoms with Crippen LogP contribution in [-0.4, -0.2) is 183 Å². The first-order valence-electron chi connectivity index (χ1n) is 35.3. The summed E-state index contributed by atoms with van der Waals surface area (Å²) in [5.41, 5.74) is 3.87. The molecule has 4 heterocycles. The average molecular weight is 1500 g/mol. The Labute approximate surface area is 625 Å². The van der Waals surface area contributed by atoms with Gasteiger partial charge in [-0.15, -0.1) is 11.6 Å². The van der Waals surface area contributed by atoms with Gasteiger partial charge in [0.2, 0.25) is 5.91 Å². The summed E-state index contributed by atoms with van der Waals surface area (Å²) in [6.45, 7) is 5.62. The molecule has 0 saturated carbocycles. The van der Waals surface area contributed by atoms with E-state index in [1.807, 2.05) is 152 Å². The summed E-state index contributed by atoms with van der Waals surface area (Å²) in [7, 11) is 0. The van der Waals surface area contributed by atoms with E-state index in [4.69, 9.17) is 92.1 Å². The zero-order valence-corrected chi connectivity index (χ0v) is 60.4. The fourth-order valence-corrected chi connectivity index (χ4v) is 13.1. The number of hydrogen-bond acceptors (Lipinski definition) is 24. The molecular weight excluding hydrogens is 1410 g/mol. The highest BCUT2D eigenvalue weighted by Gasteiger charge is 2.60. The lowest BCUT2D eigenvalue weighted by atomic mass is 9.93. The fraction of sp³-hybridized carbons (Fsp3) is 0.407. The monoisotopic (exact) mass is 1490 g/mol. The van der Waals surface area contributed by atoms with Crippen molar-refractivity contribution in [1.82, 2.24) is 5.32 Å². The Morgan fingerprint density at radius 1 is 0.383 bits per heavy atom. The molecule has 4 saturated heterocycles. The van der Waals surface area contributed by atoms with Crippen molar-refractivity contribution in [3.8, 4) is 0 Å². The molecule has 0 radical (unpaired) electrons. The predicted octanol–water partition coefficient (Wildman–Crippen LogP) is 9.23. The summed E-state index contributed by atoms with van der Waals surface area (Å²) in [4.78, 5) is 84.1. The predicted molar refractivity (Wildman–Crippen MR) is 381 cm³/mol. The fourth-order valence-electron chi connectivity index (χ4n) is 13.1. The molecule has 7 aromatic carbocycles. The number of rotatable bonds is 32. The van der Waals surface area contributed by atoms with E-state index >= 15 is 0 Å². The Kier molecular flexibility index (Phi) is 29.1. The quantitative estimate of drug-likeness (QED) is 0.0225. The summed E-state index contributed by atoms with van der Waals surface area (Å²) in [6, 6.07) is 60.5. The van der Waals surface area contributed by atoms with E-state index in [9.17, 15) is 33.9 Å². The molecule has 107 heavy (non-hydrogen) atoms. The molecule has 1 amide bonds. The van der Waals surface area contributed by atoms with E-state index in [2.05, 4.69) is 5.32 Å². The second-order valence-electron chi connectivity index (χ2n) is 26.0. The van der Waals surface area contributed by atoms with Crippen LogP contribution in [0.15, 0.2) is 212 Å². The maximum absolute atomic E-state index is 14.8. The first-order chi connectivity index (χ1) is 52.0. The van der Waals surface area contributed by atoms with Gasteiger partial charge in [-0.25, -0.2) is 9.59 Å². The third kappa shape index (κ3) is 21.9. The maximum atomic E-state index is 14.8. The Bertz CT molecular complexity index is 3920. The highest BCUT2D eigenvalue weighted by atomic mass is 35.5. The Balaban J connectivity index is 1.08. The highest BCUT2D eigenvalue weighted by Crippen LogP contribution is 2.41. The minimum atomic E-state index is -1.89. The number of nitrogens with one attached hydrogen (secondary N) is 1.